The molecule has 0 unspecified atom stereocenters. The molecule has 4 rings (SSSR count). The third-order valence-corrected chi connectivity index (χ3v) is 5.44. The van der Waals surface area contributed by atoms with Crippen LogP contribution in [0.5, 0.6) is 0 Å². The molecule has 0 aromatic heterocycles. The van der Waals surface area contributed by atoms with Crippen molar-refractivity contribution in [1.82, 2.24) is 4.90 Å². The lowest BCUT2D eigenvalue weighted by molar-refractivity contribution is -0.128. The second kappa shape index (κ2) is 8.07. The summed E-state index contributed by atoms with van der Waals surface area (Å²) in [6.07, 6.45) is 3.39. The molecule has 2 N–H and O–H groups in total. The minimum atomic E-state index is -0.214. The van der Waals surface area contributed by atoms with Crippen molar-refractivity contribution in [3.8, 4) is 0 Å². The Morgan fingerprint density at radius 3 is 2.66 bits per heavy atom. The zero-order valence-corrected chi connectivity index (χ0v) is 16.5. The standard InChI is InChI=1S/C23H25N3O3/c1-15-7-10-19(24-22(28)17-8-9-17)13-20(15)25-23(29)18-5-2-4-16(12-18)14-26-11-3-6-21(26)27/h2,4-5,7,10,12-13,17H,3,6,8-9,11,14H2,1H3,(H,24,28)(H,25,29). The van der Waals surface area contributed by atoms with Gasteiger partial charge in [-0.1, -0.05) is 18.2 Å². The quantitative estimate of drug-likeness (QED) is 0.788. The van der Waals surface area contributed by atoms with Crippen LogP contribution in [0.4, 0.5) is 11.4 Å². The summed E-state index contributed by atoms with van der Waals surface area (Å²) in [5, 5.41) is 5.85. The van der Waals surface area contributed by atoms with Crippen molar-refractivity contribution in [2.45, 2.75) is 39.2 Å². The van der Waals surface area contributed by atoms with E-state index in [1.807, 2.05) is 42.2 Å². The number of benzene rings is 2. The van der Waals surface area contributed by atoms with Crippen LogP contribution >= 0.6 is 0 Å². The number of amides is 3. The SMILES string of the molecule is Cc1ccc(NC(=O)C2CC2)cc1NC(=O)c1cccc(CN2CCCC2=O)c1. The molecule has 1 saturated heterocycles. The molecule has 0 spiro atoms. The molecule has 2 aliphatic rings. The van der Waals surface area contributed by atoms with Crippen molar-refractivity contribution >= 4 is 29.1 Å². The minimum Gasteiger partial charge on any atom is -0.338 e. The molecule has 3 amide bonds. The molecule has 6 nitrogen and oxygen atoms in total. The van der Waals surface area contributed by atoms with E-state index in [0.29, 0.717) is 29.9 Å². The van der Waals surface area contributed by atoms with Gasteiger partial charge in [-0.15, -0.1) is 0 Å². The first kappa shape index (κ1) is 19.2. The van der Waals surface area contributed by atoms with Gasteiger partial charge in [0.05, 0.1) is 0 Å². The Morgan fingerprint density at radius 2 is 1.93 bits per heavy atom. The van der Waals surface area contributed by atoms with Crippen LogP contribution in [-0.4, -0.2) is 29.2 Å². The van der Waals surface area contributed by atoms with Crippen molar-refractivity contribution in [1.29, 1.82) is 0 Å². The Bertz CT molecular complexity index is 966. The van der Waals surface area contributed by atoms with Crippen LogP contribution in [0.15, 0.2) is 42.5 Å². The highest BCUT2D eigenvalue weighted by Crippen LogP contribution is 2.31. The van der Waals surface area contributed by atoms with E-state index < -0.39 is 0 Å². The number of carbonyl (C=O) groups excluding carboxylic acids is 3. The van der Waals surface area contributed by atoms with Gasteiger partial charge in [0.2, 0.25) is 11.8 Å². The lowest BCUT2D eigenvalue weighted by Crippen LogP contribution is -2.24. The second-order valence-corrected chi connectivity index (χ2v) is 7.87. The van der Waals surface area contributed by atoms with Crippen LogP contribution in [0.2, 0.25) is 0 Å². The van der Waals surface area contributed by atoms with Gasteiger partial charge in [-0.05, 0) is 61.6 Å². The van der Waals surface area contributed by atoms with Gasteiger partial charge >= 0.3 is 0 Å². The normalized spacial score (nSPS) is 16.0. The van der Waals surface area contributed by atoms with Gasteiger partial charge < -0.3 is 15.5 Å². The Kier molecular flexibility index (Phi) is 5.34. The lowest BCUT2D eigenvalue weighted by atomic mass is 10.1. The third kappa shape index (κ3) is 4.65. The van der Waals surface area contributed by atoms with E-state index in [0.717, 1.165) is 36.9 Å². The summed E-state index contributed by atoms with van der Waals surface area (Å²) >= 11 is 0. The van der Waals surface area contributed by atoms with Crippen LogP contribution < -0.4 is 10.6 Å². The Morgan fingerprint density at radius 1 is 1.10 bits per heavy atom. The third-order valence-electron chi connectivity index (χ3n) is 5.44. The van der Waals surface area contributed by atoms with Crippen molar-refractivity contribution in [3.05, 3.63) is 59.2 Å². The highest BCUT2D eigenvalue weighted by atomic mass is 16.2. The van der Waals surface area contributed by atoms with Crippen molar-refractivity contribution in [2.24, 2.45) is 5.92 Å². The number of nitrogens with zero attached hydrogens (tertiary/aromatic N) is 1. The van der Waals surface area contributed by atoms with E-state index in [9.17, 15) is 14.4 Å². The Hall–Kier alpha value is -3.15. The smallest absolute Gasteiger partial charge is 0.255 e. The van der Waals surface area contributed by atoms with Gasteiger partial charge in [-0.3, -0.25) is 14.4 Å². The number of hydrogen-bond donors (Lipinski definition) is 2. The summed E-state index contributed by atoms with van der Waals surface area (Å²) in [5.74, 6) is 0.115. The van der Waals surface area contributed by atoms with E-state index in [-0.39, 0.29) is 23.6 Å². The van der Waals surface area contributed by atoms with Gasteiger partial charge in [0.25, 0.3) is 5.91 Å². The minimum absolute atomic E-state index is 0.0373. The maximum absolute atomic E-state index is 12.8. The summed E-state index contributed by atoms with van der Waals surface area (Å²) < 4.78 is 0. The van der Waals surface area contributed by atoms with E-state index in [4.69, 9.17) is 0 Å². The fourth-order valence-corrected chi connectivity index (χ4v) is 3.52. The summed E-state index contributed by atoms with van der Waals surface area (Å²) in [6, 6.07) is 12.9. The first-order valence-corrected chi connectivity index (χ1v) is 10.1. The molecular formula is C23H25N3O3. The lowest BCUT2D eigenvalue weighted by Gasteiger charge is -2.16. The molecular weight excluding hydrogens is 366 g/mol. The molecule has 150 valence electrons. The van der Waals surface area contributed by atoms with Gasteiger partial charge in [0.15, 0.2) is 0 Å². The Balaban J connectivity index is 1.45. The summed E-state index contributed by atoms with van der Waals surface area (Å²) in [5.41, 5.74) is 3.76. The zero-order valence-electron chi connectivity index (χ0n) is 16.5. The number of likely N-dealkylation sites (tertiary alicyclic amines) is 1. The molecule has 2 aromatic rings. The molecule has 0 atom stereocenters. The van der Waals surface area contributed by atoms with Gasteiger partial charge in [-0.25, -0.2) is 0 Å². The van der Waals surface area contributed by atoms with Crippen LogP contribution in [0.1, 0.15) is 47.2 Å². The summed E-state index contributed by atoms with van der Waals surface area (Å²) in [7, 11) is 0. The first-order valence-electron chi connectivity index (χ1n) is 10.1. The Labute approximate surface area is 170 Å². The van der Waals surface area contributed by atoms with Crippen molar-refractivity contribution < 1.29 is 14.4 Å². The predicted molar refractivity (Wildman–Crippen MR) is 112 cm³/mol. The first-order chi connectivity index (χ1) is 14.0. The number of nitrogens with one attached hydrogen (secondary N) is 2. The van der Waals surface area contributed by atoms with Crippen LogP contribution in [0, 0.1) is 12.8 Å². The van der Waals surface area contributed by atoms with Crippen LogP contribution in [0.25, 0.3) is 0 Å². The van der Waals surface area contributed by atoms with E-state index in [1.165, 1.54) is 0 Å². The number of hydrogen-bond acceptors (Lipinski definition) is 3. The van der Waals surface area contributed by atoms with Crippen molar-refractivity contribution in [3.63, 3.8) is 0 Å². The molecule has 6 heteroatoms. The molecule has 0 bridgehead atoms. The van der Waals surface area contributed by atoms with Gasteiger partial charge in [-0.2, -0.15) is 0 Å². The number of aryl methyl sites for hydroxylation is 1. The maximum Gasteiger partial charge on any atom is 0.255 e. The van der Waals surface area contributed by atoms with Gasteiger partial charge in [0, 0.05) is 42.4 Å². The van der Waals surface area contributed by atoms with Crippen molar-refractivity contribution in [2.75, 3.05) is 17.2 Å². The largest absolute Gasteiger partial charge is 0.338 e. The topological polar surface area (TPSA) is 78.5 Å². The number of carbonyl (C=O) groups is 3. The number of rotatable bonds is 6. The van der Waals surface area contributed by atoms with Crippen LogP contribution in [-0.2, 0) is 16.1 Å². The summed E-state index contributed by atoms with van der Waals surface area (Å²) in [4.78, 5) is 38.5. The number of anilines is 2. The monoisotopic (exact) mass is 391 g/mol. The zero-order chi connectivity index (χ0) is 20.4. The fourth-order valence-electron chi connectivity index (χ4n) is 3.52. The fraction of sp³-hybridized carbons (Fsp3) is 0.348. The maximum atomic E-state index is 12.8. The second-order valence-electron chi connectivity index (χ2n) is 7.87. The van der Waals surface area contributed by atoms with E-state index in [2.05, 4.69) is 10.6 Å². The molecule has 29 heavy (non-hydrogen) atoms. The van der Waals surface area contributed by atoms with E-state index >= 15 is 0 Å². The van der Waals surface area contributed by atoms with Crippen LogP contribution in [0.3, 0.4) is 0 Å². The molecule has 1 aliphatic carbocycles. The molecule has 2 fully saturated rings. The van der Waals surface area contributed by atoms with Gasteiger partial charge in [0.1, 0.15) is 0 Å². The summed E-state index contributed by atoms with van der Waals surface area (Å²) in [6.45, 7) is 3.22. The highest BCUT2D eigenvalue weighted by molar-refractivity contribution is 6.05. The molecule has 1 saturated carbocycles. The molecule has 2 aromatic carbocycles. The van der Waals surface area contributed by atoms with E-state index in [1.54, 1.807) is 12.1 Å². The molecule has 0 radical (unpaired) electrons. The predicted octanol–water partition coefficient (Wildman–Crippen LogP) is 3.72. The molecule has 1 heterocycles. The average molecular weight is 391 g/mol. The molecule has 1 aliphatic heterocycles. The highest BCUT2D eigenvalue weighted by Gasteiger charge is 2.29. The average Bonchev–Trinajstić information content (AvgIpc) is 3.49.